The van der Waals surface area contributed by atoms with E-state index in [1.165, 1.54) is 16.0 Å². The second-order valence-electron chi connectivity index (χ2n) is 7.07. The smallest absolute Gasteiger partial charge is 0.295 e. The minimum atomic E-state index is 0.0409. The normalized spacial score (nSPS) is 17.3. The molecule has 1 unspecified atom stereocenters. The van der Waals surface area contributed by atoms with Crippen LogP contribution in [0.2, 0.25) is 0 Å². The van der Waals surface area contributed by atoms with Crippen molar-refractivity contribution in [2.24, 2.45) is 7.05 Å². The van der Waals surface area contributed by atoms with Gasteiger partial charge in [0, 0.05) is 18.5 Å². The molecule has 4 aromatic rings. The first kappa shape index (κ1) is 16.5. The van der Waals surface area contributed by atoms with E-state index in [9.17, 15) is 4.79 Å². The van der Waals surface area contributed by atoms with Crippen LogP contribution in [0.5, 0.6) is 0 Å². The molecule has 5 rings (SSSR count). The number of fused-ring (bicyclic) bond motifs is 2. The quantitative estimate of drug-likeness (QED) is 0.542. The van der Waals surface area contributed by atoms with E-state index in [0.717, 1.165) is 24.0 Å². The van der Waals surface area contributed by atoms with Crippen LogP contribution in [0.1, 0.15) is 22.0 Å². The Morgan fingerprint density at radius 1 is 1.00 bits per heavy atom. The molecule has 0 fully saturated rings. The Balaban J connectivity index is 1.61. The van der Waals surface area contributed by atoms with Gasteiger partial charge >= 0.3 is 5.69 Å². The van der Waals surface area contributed by atoms with E-state index >= 15 is 0 Å². The van der Waals surface area contributed by atoms with E-state index in [2.05, 4.69) is 46.7 Å². The average molecular weight is 375 g/mol. The number of imidazole rings is 1. The van der Waals surface area contributed by atoms with Gasteiger partial charge in [-0.25, -0.2) is 4.79 Å². The number of aromatic nitrogens is 2. The van der Waals surface area contributed by atoms with Crippen molar-refractivity contribution in [3.63, 3.8) is 0 Å². The Hall–Kier alpha value is -2.63. The summed E-state index contributed by atoms with van der Waals surface area (Å²) < 4.78 is 3.65. The van der Waals surface area contributed by atoms with Crippen LogP contribution in [0.15, 0.2) is 70.8 Å². The third kappa shape index (κ3) is 2.66. The first-order chi connectivity index (χ1) is 13.2. The summed E-state index contributed by atoms with van der Waals surface area (Å²) in [5.41, 5.74) is 4.68. The van der Waals surface area contributed by atoms with Crippen molar-refractivity contribution < 1.29 is 0 Å². The summed E-state index contributed by atoms with van der Waals surface area (Å²) in [6.45, 7) is 1.54. The molecular formula is C22H21N3OS. The van der Waals surface area contributed by atoms with Crippen LogP contribution < -0.4 is 5.69 Å². The van der Waals surface area contributed by atoms with Gasteiger partial charge in [-0.3, -0.25) is 14.0 Å². The summed E-state index contributed by atoms with van der Waals surface area (Å²) in [5.74, 6) is 0. The fourth-order valence-corrected chi connectivity index (χ4v) is 5.13. The summed E-state index contributed by atoms with van der Waals surface area (Å²) in [4.78, 5) is 16.8. The molecular weight excluding hydrogens is 354 g/mol. The molecule has 0 N–H and O–H groups in total. The first-order valence-corrected chi connectivity index (χ1v) is 10.1. The molecule has 2 aromatic carbocycles. The maximum atomic E-state index is 12.9. The maximum absolute atomic E-state index is 12.9. The predicted molar refractivity (Wildman–Crippen MR) is 110 cm³/mol. The van der Waals surface area contributed by atoms with Crippen LogP contribution in [-0.2, 0) is 20.1 Å². The number of rotatable bonds is 3. The lowest BCUT2D eigenvalue weighted by Gasteiger charge is -2.36. The molecule has 0 radical (unpaired) electrons. The van der Waals surface area contributed by atoms with Gasteiger partial charge < -0.3 is 0 Å². The molecule has 2 aromatic heterocycles. The summed E-state index contributed by atoms with van der Waals surface area (Å²) >= 11 is 1.84. The minimum Gasteiger partial charge on any atom is -0.295 e. The highest BCUT2D eigenvalue weighted by Crippen LogP contribution is 2.38. The molecule has 1 atom stereocenters. The molecule has 0 amide bonds. The predicted octanol–water partition coefficient (Wildman–Crippen LogP) is 4.01. The van der Waals surface area contributed by atoms with Crippen molar-refractivity contribution in [3.8, 4) is 0 Å². The molecule has 0 spiro atoms. The Labute approximate surface area is 161 Å². The van der Waals surface area contributed by atoms with Crippen LogP contribution in [-0.4, -0.2) is 20.6 Å². The van der Waals surface area contributed by atoms with Crippen molar-refractivity contribution in [2.45, 2.75) is 19.1 Å². The first-order valence-electron chi connectivity index (χ1n) is 9.23. The molecule has 0 bridgehead atoms. The summed E-state index contributed by atoms with van der Waals surface area (Å²) in [7, 11) is 1.85. The molecule has 1 aliphatic rings. The van der Waals surface area contributed by atoms with Gasteiger partial charge in [0.1, 0.15) is 0 Å². The molecule has 4 nitrogen and oxygen atoms in total. The SMILES string of the molecule is Cn1c(=O)n(CN2CCc3sccc3C2c2ccccc2)c2ccccc21. The summed E-state index contributed by atoms with van der Waals surface area (Å²) in [5, 5.41) is 2.19. The van der Waals surface area contributed by atoms with Gasteiger partial charge in [-0.1, -0.05) is 42.5 Å². The molecule has 0 saturated carbocycles. The topological polar surface area (TPSA) is 30.2 Å². The van der Waals surface area contributed by atoms with Crippen molar-refractivity contribution in [1.82, 2.24) is 14.0 Å². The van der Waals surface area contributed by atoms with E-state index in [-0.39, 0.29) is 11.7 Å². The van der Waals surface area contributed by atoms with Crippen molar-refractivity contribution in [2.75, 3.05) is 6.54 Å². The third-order valence-corrected chi connectivity index (χ3v) is 6.55. The molecule has 0 saturated heterocycles. The summed E-state index contributed by atoms with van der Waals surface area (Å²) in [6, 6.07) is 21.1. The maximum Gasteiger partial charge on any atom is 0.329 e. The molecule has 27 heavy (non-hydrogen) atoms. The van der Waals surface area contributed by atoms with Gasteiger partial charge in [0.2, 0.25) is 0 Å². The molecule has 0 aliphatic carbocycles. The van der Waals surface area contributed by atoms with Crippen LogP contribution in [0.3, 0.4) is 0 Å². The van der Waals surface area contributed by atoms with Crippen molar-refractivity contribution in [1.29, 1.82) is 0 Å². The lowest BCUT2D eigenvalue weighted by molar-refractivity contribution is 0.166. The van der Waals surface area contributed by atoms with Crippen LogP contribution >= 0.6 is 11.3 Å². The van der Waals surface area contributed by atoms with E-state index in [4.69, 9.17) is 0 Å². The van der Waals surface area contributed by atoms with Gasteiger partial charge in [0.25, 0.3) is 0 Å². The van der Waals surface area contributed by atoms with Gasteiger partial charge in [0.05, 0.1) is 23.7 Å². The van der Waals surface area contributed by atoms with Crippen LogP contribution in [0.25, 0.3) is 11.0 Å². The van der Waals surface area contributed by atoms with Crippen LogP contribution in [0.4, 0.5) is 0 Å². The minimum absolute atomic E-state index is 0.0409. The second kappa shape index (κ2) is 6.51. The zero-order valence-electron chi connectivity index (χ0n) is 15.2. The van der Waals surface area contributed by atoms with Crippen molar-refractivity contribution in [3.05, 3.63) is 92.5 Å². The van der Waals surface area contributed by atoms with E-state index < -0.39 is 0 Å². The average Bonchev–Trinajstić information content (AvgIpc) is 3.28. The van der Waals surface area contributed by atoms with E-state index in [1.807, 2.05) is 47.2 Å². The molecule has 3 heterocycles. The summed E-state index contributed by atoms with van der Waals surface area (Å²) in [6.07, 6.45) is 1.04. The van der Waals surface area contributed by atoms with E-state index in [1.54, 1.807) is 4.57 Å². The Kier molecular flexibility index (Phi) is 3.99. The second-order valence-corrected chi connectivity index (χ2v) is 8.08. The standard InChI is InChI=1S/C22H21N3OS/c1-23-18-9-5-6-10-19(18)25(22(23)26)15-24-13-11-20-17(12-14-27-20)21(24)16-7-3-2-4-8-16/h2-10,12,14,21H,11,13,15H2,1H3. The number of aryl methyl sites for hydroxylation is 1. The number of hydrogen-bond donors (Lipinski definition) is 0. The van der Waals surface area contributed by atoms with Gasteiger partial charge in [-0.2, -0.15) is 0 Å². The number of nitrogens with zero attached hydrogens (tertiary/aromatic N) is 3. The number of hydrogen-bond acceptors (Lipinski definition) is 3. The van der Waals surface area contributed by atoms with E-state index in [0.29, 0.717) is 6.67 Å². The Morgan fingerprint density at radius 3 is 2.56 bits per heavy atom. The highest BCUT2D eigenvalue weighted by Gasteiger charge is 2.30. The zero-order valence-corrected chi connectivity index (χ0v) is 16.0. The van der Waals surface area contributed by atoms with Crippen molar-refractivity contribution >= 4 is 22.4 Å². The zero-order chi connectivity index (χ0) is 18.4. The van der Waals surface area contributed by atoms with Gasteiger partial charge in [-0.15, -0.1) is 11.3 Å². The number of benzene rings is 2. The van der Waals surface area contributed by atoms with Crippen LogP contribution in [0, 0.1) is 0 Å². The highest BCUT2D eigenvalue weighted by atomic mass is 32.1. The lowest BCUT2D eigenvalue weighted by Crippen LogP contribution is -2.39. The molecule has 136 valence electrons. The third-order valence-electron chi connectivity index (χ3n) is 5.56. The van der Waals surface area contributed by atoms with Gasteiger partial charge in [0.15, 0.2) is 0 Å². The number of thiophene rings is 1. The largest absolute Gasteiger partial charge is 0.329 e. The fourth-order valence-electron chi connectivity index (χ4n) is 4.23. The Bertz CT molecular complexity index is 1160. The highest BCUT2D eigenvalue weighted by molar-refractivity contribution is 7.10. The Morgan fingerprint density at radius 2 is 1.74 bits per heavy atom. The fraction of sp³-hybridized carbons (Fsp3) is 0.227. The number of para-hydroxylation sites is 2. The molecule has 1 aliphatic heterocycles. The monoisotopic (exact) mass is 375 g/mol. The lowest BCUT2D eigenvalue weighted by atomic mass is 9.94. The van der Waals surface area contributed by atoms with Gasteiger partial charge in [-0.05, 0) is 41.1 Å². The molecule has 5 heteroatoms.